The number of allylic oxidation sites excluding steroid dienone is 4. The maximum Gasteiger partial charge on any atom is 0.249 e. The van der Waals surface area contributed by atoms with E-state index in [-0.39, 0.29) is 5.78 Å². The van der Waals surface area contributed by atoms with E-state index in [0.29, 0.717) is 12.8 Å². The highest BCUT2D eigenvalue weighted by molar-refractivity contribution is 5.95. The van der Waals surface area contributed by atoms with Crippen molar-refractivity contribution in [2.75, 3.05) is 0 Å². The van der Waals surface area contributed by atoms with E-state index in [1.54, 1.807) is 0 Å². The van der Waals surface area contributed by atoms with E-state index in [1.165, 1.54) is 0 Å². The van der Waals surface area contributed by atoms with Crippen LogP contribution >= 0.6 is 0 Å². The number of ketones is 1. The van der Waals surface area contributed by atoms with Crippen LogP contribution in [-0.2, 0) is 14.3 Å². The minimum atomic E-state index is -0.681. The second kappa shape index (κ2) is 6.23. The van der Waals surface area contributed by atoms with Crippen molar-refractivity contribution in [3.8, 4) is 0 Å². The Morgan fingerprint density at radius 1 is 1.25 bits per heavy atom. The maximum absolute atomic E-state index is 11.4. The Kier molecular flexibility index (Phi) is 4.92. The van der Waals surface area contributed by atoms with Crippen molar-refractivity contribution in [1.29, 1.82) is 0 Å². The number of ether oxygens (including phenoxy) is 1. The summed E-state index contributed by atoms with van der Waals surface area (Å²) in [7, 11) is 0. The van der Waals surface area contributed by atoms with Gasteiger partial charge in [0, 0.05) is 6.42 Å². The number of hydrogen-bond donors (Lipinski definition) is 1. The first-order valence-corrected chi connectivity index (χ1v) is 5.40. The molecule has 88 valence electrons. The van der Waals surface area contributed by atoms with Gasteiger partial charge in [-0.3, -0.25) is 9.59 Å². The lowest BCUT2D eigenvalue weighted by Crippen LogP contribution is -2.22. The monoisotopic (exact) mass is 223 g/mol. The molecule has 0 saturated carbocycles. The van der Waals surface area contributed by atoms with Gasteiger partial charge in [0.15, 0.2) is 18.0 Å². The van der Waals surface area contributed by atoms with Crippen molar-refractivity contribution in [2.45, 2.75) is 38.4 Å². The number of Topliss-reactive ketones (excluding diaryl/α,β-unsaturated/α-hetero) is 1. The van der Waals surface area contributed by atoms with Gasteiger partial charge in [-0.15, -0.1) is 0 Å². The molecule has 0 bridgehead atoms. The number of primary amides is 1. The Hall–Kier alpha value is -1.42. The van der Waals surface area contributed by atoms with Crippen molar-refractivity contribution in [2.24, 2.45) is 5.73 Å². The third kappa shape index (κ3) is 3.98. The molecule has 0 aromatic rings. The highest BCUT2D eigenvalue weighted by Gasteiger charge is 2.48. The summed E-state index contributed by atoms with van der Waals surface area (Å²) in [5.41, 5.74) is 5.00. The Morgan fingerprint density at radius 3 is 2.56 bits per heavy atom. The highest BCUT2D eigenvalue weighted by Crippen LogP contribution is 2.24. The van der Waals surface area contributed by atoms with Crippen LogP contribution in [0.3, 0.4) is 0 Å². The maximum atomic E-state index is 11.4. The zero-order chi connectivity index (χ0) is 12.0. The zero-order valence-electron chi connectivity index (χ0n) is 9.39. The van der Waals surface area contributed by atoms with Crippen molar-refractivity contribution < 1.29 is 14.3 Å². The molecule has 1 saturated heterocycles. The van der Waals surface area contributed by atoms with Crippen LogP contribution in [0.5, 0.6) is 0 Å². The van der Waals surface area contributed by atoms with Crippen LogP contribution in [-0.4, -0.2) is 23.9 Å². The second-order valence-corrected chi connectivity index (χ2v) is 3.66. The fourth-order valence-electron chi connectivity index (χ4n) is 1.37. The Labute approximate surface area is 95.1 Å². The Balaban J connectivity index is 2.12. The summed E-state index contributed by atoms with van der Waals surface area (Å²) in [6.45, 7) is 1.96. The summed E-state index contributed by atoms with van der Waals surface area (Å²) in [6.07, 6.45) is 8.68. The molecule has 2 atom stereocenters. The largest absolute Gasteiger partial charge is 0.367 e. The van der Waals surface area contributed by atoms with E-state index in [0.717, 1.165) is 6.42 Å². The van der Waals surface area contributed by atoms with Crippen molar-refractivity contribution in [3.05, 3.63) is 24.3 Å². The number of hydrogen-bond acceptors (Lipinski definition) is 3. The zero-order valence-corrected chi connectivity index (χ0v) is 9.39. The van der Waals surface area contributed by atoms with Crippen LogP contribution in [0.15, 0.2) is 24.3 Å². The van der Waals surface area contributed by atoms with Crippen LogP contribution in [0, 0.1) is 0 Å². The molecule has 4 heteroatoms. The molecule has 1 amide bonds. The molecule has 0 radical (unpaired) electrons. The second-order valence-electron chi connectivity index (χ2n) is 3.66. The fraction of sp³-hybridized carbons (Fsp3) is 0.500. The van der Waals surface area contributed by atoms with Gasteiger partial charge in [0.2, 0.25) is 5.91 Å². The predicted molar refractivity (Wildman–Crippen MR) is 60.7 cm³/mol. The van der Waals surface area contributed by atoms with Gasteiger partial charge in [-0.25, -0.2) is 0 Å². The van der Waals surface area contributed by atoms with Gasteiger partial charge >= 0.3 is 0 Å². The summed E-state index contributed by atoms with van der Waals surface area (Å²) in [6, 6.07) is 0. The lowest BCUT2D eigenvalue weighted by Gasteiger charge is -1.92. The number of carbonyl (C=O) groups is 2. The summed E-state index contributed by atoms with van der Waals surface area (Å²) in [4.78, 5) is 22.1. The van der Waals surface area contributed by atoms with Crippen molar-refractivity contribution in [3.63, 3.8) is 0 Å². The van der Waals surface area contributed by atoms with Crippen LogP contribution < -0.4 is 5.73 Å². The van der Waals surface area contributed by atoms with Gasteiger partial charge < -0.3 is 10.5 Å². The first kappa shape index (κ1) is 12.6. The van der Waals surface area contributed by atoms with E-state index in [2.05, 4.69) is 0 Å². The Morgan fingerprint density at radius 2 is 2.00 bits per heavy atom. The van der Waals surface area contributed by atoms with Crippen molar-refractivity contribution >= 4 is 11.7 Å². The molecule has 0 aromatic carbocycles. The topological polar surface area (TPSA) is 72.7 Å². The SMILES string of the molecule is C/C=C/C/C=C/CCC(=O)[C@H]1O[C@@H]1C(N)=O. The molecule has 1 rings (SSSR count). The van der Waals surface area contributed by atoms with Gasteiger partial charge in [0.1, 0.15) is 0 Å². The van der Waals surface area contributed by atoms with E-state index in [9.17, 15) is 9.59 Å². The van der Waals surface area contributed by atoms with Crippen LogP contribution in [0.4, 0.5) is 0 Å². The first-order chi connectivity index (χ1) is 7.66. The van der Waals surface area contributed by atoms with Crippen LogP contribution in [0.25, 0.3) is 0 Å². The first-order valence-electron chi connectivity index (χ1n) is 5.40. The standard InChI is InChI=1S/C12H17NO3/c1-2-3-4-5-6-7-8-9(14)10-11(16-10)12(13)15/h2-3,5-6,10-11H,4,7-8H2,1H3,(H2,13,15)/b3-2+,6-5+/t10-,11+/m1/s1. The third-order valence-corrected chi connectivity index (χ3v) is 2.32. The summed E-state index contributed by atoms with van der Waals surface area (Å²) < 4.78 is 4.88. The van der Waals surface area contributed by atoms with E-state index < -0.39 is 18.1 Å². The summed E-state index contributed by atoms with van der Waals surface area (Å²) in [5, 5.41) is 0. The fourth-order valence-corrected chi connectivity index (χ4v) is 1.37. The number of epoxide rings is 1. The van der Waals surface area contributed by atoms with Gasteiger partial charge in [-0.05, 0) is 19.8 Å². The van der Waals surface area contributed by atoms with Gasteiger partial charge in [0.05, 0.1) is 0 Å². The molecule has 1 fully saturated rings. The summed E-state index contributed by atoms with van der Waals surface area (Å²) >= 11 is 0. The predicted octanol–water partition coefficient (Wildman–Crippen LogP) is 1.11. The number of amides is 1. The quantitative estimate of drug-likeness (QED) is 0.519. The molecule has 0 spiro atoms. The molecule has 16 heavy (non-hydrogen) atoms. The van der Waals surface area contributed by atoms with Gasteiger partial charge in [0.25, 0.3) is 0 Å². The van der Waals surface area contributed by atoms with Crippen LogP contribution in [0.1, 0.15) is 26.2 Å². The smallest absolute Gasteiger partial charge is 0.249 e. The molecule has 1 heterocycles. The lowest BCUT2D eigenvalue weighted by molar-refractivity contribution is -0.121. The molecule has 4 nitrogen and oxygen atoms in total. The molecule has 1 aliphatic heterocycles. The molecule has 0 aromatic heterocycles. The van der Waals surface area contributed by atoms with E-state index >= 15 is 0 Å². The number of nitrogens with two attached hydrogens (primary N) is 1. The average Bonchev–Trinajstić information content (AvgIpc) is 3.02. The lowest BCUT2D eigenvalue weighted by atomic mass is 10.1. The van der Waals surface area contributed by atoms with Crippen molar-refractivity contribution in [1.82, 2.24) is 0 Å². The normalized spacial score (nSPS) is 24.1. The average molecular weight is 223 g/mol. The molecular formula is C12H17NO3. The van der Waals surface area contributed by atoms with Crippen LogP contribution in [0.2, 0.25) is 0 Å². The number of carbonyl (C=O) groups excluding carboxylic acids is 2. The highest BCUT2D eigenvalue weighted by atomic mass is 16.6. The van der Waals surface area contributed by atoms with E-state index in [4.69, 9.17) is 10.5 Å². The van der Waals surface area contributed by atoms with E-state index in [1.807, 2.05) is 31.2 Å². The minimum absolute atomic E-state index is 0.0421. The summed E-state index contributed by atoms with van der Waals surface area (Å²) in [5.74, 6) is -0.596. The molecular weight excluding hydrogens is 206 g/mol. The van der Waals surface area contributed by atoms with Gasteiger partial charge in [-0.2, -0.15) is 0 Å². The third-order valence-electron chi connectivity index (χ3n) is 2.32. The number of rotatable bonds is 7. The molecule has 2 N–H and O–H groups in total. The Bertz CT molecular complexity index is 320. The minimum Gasteiger partial charge on any atom is -0.367 e. The van der Waals surface area contributed by atoms with Gasteiger partial charge in [-0.1, -0.05) is 24.3 Å². The molecule has 1 aliphatic rings. The molecule has 0 unspecified atom stereocenters. The molecule has 0 aliphatic carbocycles.